The summed E-state index contributed by atoms with van der Waals surface area (Å²) in [6.07, 6.45) is 3.35. The van der Waals surface area contributed by atoms with Crippen LogP contribution >= 0.6 is 0 Å². The summed E-state index contributed by atoms with van der Waals surface area (Å²) in [6.45, 7) is 0. The number of halogens is 1. The first-order chi connectivity index (χ1) is 5.36. The number of rotatable bonds is 0. The highest BCUT2D eigenvalue weighted by molar-refractivity contribution is 5.81. The van der Waals surface area contributed by atoms with E-state index in [2.05, 4.69) is 4.98 Å². The average molecular weight is 147 g/mol. The smallest absolute Gasteiger partial charge is 0.123 e. The van der Waals surface area contributed by atoms with Gasteiger partial charge in [-0.05, 0) is 23.6 Å². The standard InChI is InChI=1S/C9H6FN/c10-9-2-1-7-3-4-11-6-8(7)5-9/h1-6H. The maximum Gasteiger partial charge on any atom is 0.123 e. The molecule has 0 N–H and O–H groups in total. The molecule has 0 saturated carbocycles. The van der Waals surface area contributed by atoms with Crippen LogP contribution in [-0.4, -0.2) is 4.98 Å². The van der Waals surface area contributed by atoms with E-state index in [0.717, 1.165) is 10.8 Å². The van der Waals surface area contributed by atoms with Crippen LogP contribution < -0.4 is 0 Å². The number of pyridine rings is 1. The van der Waals surface area contributed by atoms with Gasteiger partial charge in [-0.3, -0.25) is 4.98 Å². The third-order valence-electron chi connectivity index (χ3n) is 1.60. The van der Waals surface area contributed by atoms with E-state index in [1.165, 1.54) is 12.1 Å². The maximum atomic E-state index is 12.6. The summed E-state index contributed by atoms with van der Waals surface area (Å²) in [5.41, 5.74) is 0. The molecule has 2 aromatic rings. The second-order valence-electron chi connectivity index (χ2n) is 2.37. The first kappa shape index (κ1) is 6.28. The van der Waals surface area contributed by atoms with Gasteiger partial charge in [0.05, 0.1) is 0 Å². The lowest BCUT2D eigenvalue weighted by Gasteiger charge is -1.94. The number of fused-ring (bicyclic) bond motifs is 1. The first-order valence-corrected chi connectivity index (χ1v) is 3.35. The van der Waals surface area contributed by atoms with Crippen molar-refractivity contribution in [1.82, 2.24) is 4.98 Å². The zero-order valence-corrected chi connectivity index (χ0v) is 5.79. The van der Waals surface area contributed by atoms with Gasteiger partial charge < -0.3 is 0 Å². The molecule has 0 atom stereocenters. The van der Waals surface area contributed by atoms with Crippen molar-refractivity contribution in [2.24, 2.45) is 0 Å². The predicted molar refractivity (Wildman–Crippen MR) is 41.7 cm³/mol. The summed E-state index contributed by atoms with van der Waals surface area (Å²) in [4.78, 5) is 3.89. The molecule has 2 heteroatoms. The normalized spacial score (nSPS) is 10.3. The van der Waals surface area contributed by atoms with Crippen LogP contribution in [0, 0.1) is 5.82 Å². The van der Waals surface area contributed by atoms with Gasteiger partial charge in [0.1, 0.15) is 5.82 Å². The monoisotopic (exact) mass is 147 g/mol. The molecule has 1 aromatic heterocycles. The fourth-order valence-electron chi connectivity index (χ4n) is 1.06. The number of hydrogen-bond acceptors (Lipinski definition) is 1. The molecule has 0 radical (unpaired) electrons. The number of benzene rings is 1. The highest BCUT2D eigenvalue weighted by atomic mass is 19.1. The molecule has 1 aromatic carbocycles. The Morgan fingerprint density at radius 1 is 1.09 bits per heavy atom. The topological polar surface area (TPSA) is 12.9 Å². The second-order valence-corrected chi connectivity index (χ2v) is 2.37. The molecule has 1 nitrogen and oxygen atoms in total. The number of nitrogens with zero attached hydrogens (tertiary/aromatic N) is 1. The van der Waals surface area contributed by atoms with Gasteiger partial charge in [-0.25, -0.2) is 4.39 Å². The van der Waals surface area contributed by atoms with Gasteiger partial charge in [-0.1, -0.05) is 6.07 Å². The molecule has 0 aliphatic rings. The van der Waals surface area contributed by atoms with E-state index in [9.17, 15) is 4.39 Å². The van der Waals surface area contributed by atoms with Gasteiger partial charge in [0.25, 0.3) is 0 Å². The summed E-state index contributed by atoms with van der Waals surface area (Å²) < 4.78 is 12.6. The highest BCUT2D eigenvalue weighted by Gasteiger charge is 1.92. The third-order valence-corrected chi connectivity index (χ3v) is 1.60. The van der Waals surface area contributed by atoms with Crippen molar-refractivity contribution in [2.45, 2.75) is 0 Å². The van der Waals surface area contributed by atoms with Gasteiger partial charge in [-0.15, -0.1) is 0 Å². The van der Waals surface area contributed by atoms with Crippen LogP contribution in [0.4, 0.5) is 4.39 Å². The van der Waals surface area contributed by atoms with Crippen LogP contribution in [0.15, 0.2) is 36.7 Å². The summed E-state index contributed by atoms with van der Waals surface area (Å²) in [7, 11) is 0. The molecule has 0 unspecified atom stereocenters. The van der Waals surface area contributed by atoms with Crippen LogP contribution in [0.2, 0.25) is 0 Å². The van der Waals surface area contributed by atoms with Crippen molar-refractivity contribution in [1.29, 1.82) is 0 Å². The Morgan fingerprint density at radius 3 is 2.91 bits per heavy atom. The number of aromatic nitrogens is 1. The van der Waals surface area contributed by atoms with E-state index >= 15 is 0 Å². The molecule has 0 bridgehead atoms. The second kappa shape index (κ2) is 2.31. The summed E-state index contributed by atoms with van der Waals surface area (Å²) in [5, 5.41) is 1.86. The van der Waals surface area contributed by atoms with E-state index in [4.69, 9.17) is 0 Å². The Balaban J connectivity index is 2.83. The summed E-state index contributed by atoms with van der Waals surface area (Å²) in [6, 6.07) is 6.52. The lowest BCUT2D eigenvalue weighted by Crippen LogP contribution is -1.76. The quantitative estimate of drug-likeness (QED) is 0.557. The SMILES string of the molecule is Fc1ccc2ccncc2c1. The highest BCUT2D eigenvalue weighted by Crippen LogP contribution is 2.12. The lowest BCUT2D eigenvalue weighted by atomic mass is 10.2. The molecule has 2 rings (SSSR count). The molecule has 54 valence electrons. The van der Waals surface area contributed by atoms with Gasteiger partial charge in [0.2, 0.25) is 0 Å². The van der Waals surface area contributed by atoms with Crippen LogP contribution in [0.25, 0.3) is 10.8 Å². The molecular weight excluding hydrogens is 141 g/mol. The van der Waals surface area contributed by atoms with E-state index in [1.54, 1.807) is 18.5 Å². The molecule has 0 aliphatic heterocycles. The molecule has 11 heavy (non-hydrogen) atoms. The minimum Gasteiger partial charge on any atom is -0.264 e. The minimum atomic E-state index is -0.217. The van der Waals surface area contributed by atoms with Crippen molar-refractivity contribution in [3.05, 3.63) is 42.5 Å². The van der Waals surface area contributed by atoms with E-state index < -0.39 is 0 Å². The van der Waals surface area contributed by atoms with Crippen LogP contribution in [-0.2, 0) is 0 Å². The van der Waals surface area contributed by atoms with Crippen LogP contribution in [0.1, 0.15) is 0 Å². The Labute approximate surface area is 63.5 Å². The zero-order valence-electron chi connectivity index (χ0n) is 5.79. The molecule has 0 amide bonds. The number of hydrogen-bond donors (Lipinski definition) is 0. The molecule has 0 aliphatic carbocycles. The van der Waals surface area contributed by atoms with Gasteiger partial charge in [-0.2, -0.15) is 0 Å². The third kappa shape index (κ3) is 1.07. The van der Waals surface area contributed by atoms with E-state index in [-0.39, 0.29) is 5.82 Å². The molecular formula is C9H6FN. The Bertz CT molecular complexity index is 384. The molecule has 1 heterocycles. The van der Waals surface area contributed by atoms with Crippen molar-refractivity contribution in [2.75, 3.05) is 0 Å². The van der Waals surface area contributed by atoms with Crippen LogP contribution in [0.3, 0.4) is 0 Å². The molecule has 0 spiro atoms. The zero-order chi connectivity index (χ0) is 7.68. The van der Waals surface area contributed by atoms with E-state index in [0.29, 0.717) is 0 Å². The lowest BCUT2D eigenvalue weighted by molar-refractivity contribution is 0.629. The summed E-state index contributed by atoms with van der Waals surface area (Å²) >= 11 is 0. The van der Waals surface area contributed by atoms with Gasteiger partial charge in [0.15, 0.2) is 0 Å². The molecule has 0 saturated heterocycles. The Hall–Kier alpha value is -1.44. The first-order valence-electron chi connectivity index (χ1n) is 3.35. The predicted octanol–water partition coefficient (Wildman–Crippen LogP) is 2.37. The van der Waals surface area contributed by atoms with Crippen molar-refractivity contribution >= 4 is 10.8 Å². The van der Waals surface area contributed by atoms with Crippen molar-refractivity contribution < 1.29 is 4.39 Å². The largest absolute Gasteiger partial charge is 0.264 e. The fraction of sp³-hybridized carbons (Fsp3) is 0. The maximum absolute atomic E-state index is 12.6. The average Bonchev–Trinajstić information content (AvgIpc) is 2.04. The Kier molecular flexibility index (Phi) is 1.32. The van der Waals surface area contributed by atoms with Gasteiger partial charge in [0, 0.05) is 17.8 Å². The van der Waals surface area contributed by atoms with Gasteiger partial charge >= 0.3 is 0 Å². The minimum absolute atomic E-state index is 0.217. The van der Waals surface area contributed by atoms with Crippen molar-refractivity contribution in [3.8, 4) is 0 Å². The van der Waals surface area contributed by atoms with Crippen LogP contribution in [0.5, 0.6) is 0 Å². The summed E-state index contributed by atoms with van der Waals surface area (Å²) in [5.74, 6) is -0.217. The van der Waals surface area contributed by atoms with Crippen molar-refractivity contribution in [3.63, 3.8) is 0 Å². The Morgan fingerprint density at radius 2 is 2.00 bits per heavy atom. The van der Waals surface area contributed by atoms with E-state index in [1.807, 2.05) is 6.07 Å². The fourth-order valence-corrected chi connectivity index (χ4v) is 1.06. The molecule has 0 fully saturated rings.